The minimum Gasteiger partial charge on any atom is -0.496 e. The molecule has 3 N–H and O–H groups in total. The van der Waals surface area contributed by atoms with Gasteiger partial charge in [0.05, 0.1) is 11.6 Å². The van der Waals surface area contributed by atoms with Crippen LogP contribution in [0, 0.1) is 0 Å². The summed E-state index contributed by atoms with van der Waals surface area (Å²) in [4.78, 5) is 24.1. The van der Waals surface area contributed by atoms with Gasteiger partial charge in [-0.2, -0.15) is 0 Å². The molecule has 0 aromatic heterocycles. The first-order chi connectivity index (χ1) is 14.1. The summed E-state index contributed by atoms with van der Waals surface area (Å²) in [7, 11) is 1.53. The number of rotatable bonds is 5. The van der Waals surface area contributed by atoms with E-state index in [0.29, 0.717) is 21.5 Å². The summed E-state index contributed by atoms with van der Waals surface area (Å²) in [5, 5.41) is 2.39. The highest BCUT2D eigenvalue weighted by Gasteiger charge is 2.14. The normalized spacial score (nSPS) is 10.7. The molecule has 0 spiro atoms. The highest BCUT2D eigenvalue weighted by atomic mass is 79.9. The van der Waals surface area contributed by atoms with E-state index in [-0.39, 0.29) is 17.1 Å². The zero-order valence-corrected chi connectivity index (χ0v) is 19.6. The minimum absolute atomic E-state index is 0.0418. The summed E-state index contributed by atoms with van der Waals surface area (Å²) in [6, 6.07) is 12.4. The van der Waals surface area contributed by atoms with Gasteiger partial charge in [-0.25, -0.2) is 0 Å². The third kappa shape index (κ3) is 7.00. The Morgan fingerprint density at radius 3 is 2.30 bits per heavy atom. The van der Waals surface area contributed by atoms with Gasteiger partial charge in [0.15, 0.2) is 11.7 Å². The Bertz CT molecular complexity index is 927. The Kier molecular flexibility index (Phi) is 8.19. The summed E-state index contributed by atoms with van der Waals surface area (Å²) in [5.41, 5.74) is 6.49. The summed E-state index contributed by atoms with van der Waals surface area (Å²) in [6.45, 7) is 6.15. The Morgan fingerprint density at radius 1 is 1.07 bits per heavy atom. The number of hydrazine groups is 1. The highest BCUT2D eigenvalue weighted by molar-refractivity contribution is 9.10. The second-order valence-corrected chi connectivity index (χ2v) is 8.63. The quantitative estimate of drug-likeness (QED) is 0.436. The lowest BCUT2D eigenvalue weighted by Crippen LogP contribution is -2.49. The van der Waals surface area contributed by atoms with Crippen LogP contribution in [0.2, 0.25) is 0 Å². The van der Waals surface area contributed by atoms with Crippen molar-refractivity contribution in [2.45, 2.75) is 26.2 Å². The van der Waals surface area contributed by atoms with E-state index in [1.807, 2.05) is 24.3 Å². The van der Waals surface area contributed by atoms with Crippen molar-refractivity contribution in [2.24, 2.45) is 0 Å². The zero-order chi connectivity index (χ0) is 22.3. The van der Waals surface area contributed by atoms with Crippen LogP contribution in [-0.2, 0) is 10.2 Å². The number of halogens is 1. The molecule has 0 aliphatic carbocycles. The first kappa shape index (κ1) is 23.6. The van der Waals surface area contributed by atoms with Gasteiger partial charge in [0, 0.05) is 5.56 Å². The molecule has 0 heterocycles. The molecule has 2 amide bonds. The number of thiocarbonyl (C=S) groups is 1. The van der Waals surface area contributed by atoms with Gasteiger partial charge in [-0.1, -0.05) is 32.9 Å². The minimum atomic E-state index is -0.450. The van der Waals surface area contributed by atoms with Gasteiger partial charge < -0.3 is 9.47 Å². The predicted octanol–water partition coefficient (Wildman–Crippen LogP) is 3.47. The fraction of sp³-hybridized carbons (Fsp3) is 0.286. The van der Waals surface area contributed by atoms with Gasteiger partial charge in [-0.15, -0.1) is 0 Å². The molecule has 30 heavy (non-hydrogen) atoms. The van der Waals surface area contributed by atoms with Crippen LogP contribution in [0.15, 0.2) is 46.9 Å². The maximum absolute atomic E-state index is 12.2. The molecule has 0 aliphatic rings. The molecular formula is C21H24BrN3O4S. The van der Waals surface area contributed by atoms with Crippen LogP contribution in [0.5, 0.6) is 11.5 Å². The number of ether oxygens (including phenoxy) is 2. The van der Waals surface area contributed by atoms with Crippen LogP contribution < -0.4 is 25.6 Å². The lowest BCUT2D eigenvalue weighted by atomic mass is 9.87. The standard InChI is InChI=1S/C21H24BrN3O4S/c1-21(2,3)14-6-8-15(9-7-14)29-12-18(26)23-20(30)25-24-19(27)13-5-10-17(28-4)16(22)11-13/h5-11H,12H2,1-4H3,(H,24,27)(H2,23,25,26,30). The van der Waals surface area contributed by atoms with E-state index in [1.165, 1.54) is 12.7 Å². The van der Waals surface area contributed by atoms with Crippen molar-refractivity contribution in [3.63, 3.8) is 0 Å². The van der Waals surface area contributed by atoms with E-state index in [0.717, 1.165) is 0 Å². The number of hydrogen-bond acceptors (Lipinski definition) is 5. The predicted molar refractivity (Wildman–Crippen MR) is 123 cm³/mol. The monoisotopic (exact) mass is 493 g/mol. The topological polar surface area (TPSA) is 88.7 Å². The SMILES string of the molecule is COc1ccc(C(=O)NNC(=S)NC(=O)COc2ccc(C(C)(C)C)cc2)cc1Br. The molecule has 0 saturated heterocycles. The summed E-state index contributed by atoms with van der Waals surface area (Å²) >= 11 is 8.33. The molecule has 160 valence electrons. The zero-order valence-electron chi connectivity index (χ0n) is 17.2. The number of carbonyl (C=O) groups excluding carboxylic acids is 2. The van der Waals surface area contributed by atoms with Crippen LogP contribution in [0.1, 0.15) is 36.7 Å². The third-order valence-electron chi connectivity index (χ3n) is 4.05. The molecule has 0 saturated carbocycles. The second-order valence-electron chi connectivity index (χ2n) is 7.37. The van der Waals surface area contributed by atoms with Gasteiger partial charge in [-0.3, -0.25) is 25.8 Å². The molecular weight excluding hydrogens is 470 g/mol. The Labute approximate surface area is 189 Å². The number of methoxy groups -OCH3 is 1. The molecule has 0 radical (unpaired) electrons. The lowest BCUT2D eigenvalue weighted by molar-refractivity contribution is -0.121. The molecule has 0 bridgehead atoms. The molecule has 0 fully saturated rings. The number of hydrogen-bond donors (Lipinski definition) is 3. The van der Waals surface area contributed by atoms with Crippen LogP contribution in [0.3, 0.4) is 0 Å². The van der Waals surface area contributed by atoms with E-state index in [1.54, 1.807) is 18.2 Å². The van der Waals surface area contributed by atoms with Gasteiger partial charge in [-0.05, 0) is 69.5 Å². The summed E-state index contributed by atoms with van der Waals surface area (Å²) in [6.07, 6.45) is 0. The third-order valence-corrected chi connectivity index (χ3v) is 4.87. The van der Waals surface area contributed by atoms with Crippen LogP contribution in [0.25, 0.3) is 0 Å². The molecule has 2 aromatic rings. The fourth-order valence-electron chi connectivity index (χ4n) is 2.39. The van der Waals surface area contributed by atoms with Crippen molar-refractivity contribution in [1.82, 2.24) is 16.2 Å². The van der Waals surface area contributed by atoms with Crippen LogP contribution in [0.4, 0.5) is 0 Å². The molecule has 7 nitrogen and oxygen atoms in total. The van der Waals surface area contributed by atoms with Crippen LogP contribution >= 0.6 is 28.1 Å². The van der Waals surface area contributed by atoms with Crippen molar-refractivity contribution in [1.29, 1.82) is 0 Å². The van der Waals surface area contributed by atoms with Crippen molar-refractivity contribution in [2.75, 3.05) is 13.7 Å². The highest BCUT2D eigenvalue weighted by Crippen LogP contribution is 2.25. The number of carbonyl (C=O) groups is 2. The first-order valence-corrected chi connectivity index (χ1v) is 10.3. The van der Waals surface area contributed by atoms with Crippen molar-refractivity contribution >= 4 is 45.1 Å². The van der Waals surface area contributed by atoms with Crippen LogP contribution in [-0.4, -0.2) is 30.6 Å². The molecule has 0 atom stereocenters. The van der Waals surface area contributed by atoms with Gasteiger partial charge in [0.1, 0.15) is 11.5 Å². The Balaban J connectivity index is 1.77. The van der Waals surface area contributed by atoms with E-state index in [9.17, 15) is 9.59 Å². The molecule has 0 unspecified atom stereocenters. The molecule has 9 heteroatoms. The van der Waals surface area contributed by atoms with E-state index in [4.69, 9.17) is 21.7 Å². The number of amides is 2. The van der Waals surface area contributed by atoms with Crippen molar-refractivity contribution < 1.29 is 19.1 Å². The second kappa shape index (κ2) is 10.4. The number of nitrogens with one attached hydrogen (secondary N) is 3. The number of benzene rings is 2. The maximum atomic E-state index is 12.2. The van der Waals surface area contributed by atoms with Gasteiger partial charge in [0.2, 0.25) is 0 Å². The van der Waals surface area contributed by atoms with E-state index < -0.39 is 11.8 Å². The first-order valence-electron chi connectivity index (χ1n) is 9.07. The Morgan fingerprint density at radius 2 is 1.73 bits per heavy atom. The van der Waals surface area contributed by atoms with Gasteiger partial charge in [0.25, 0.3) is 11.8 Å². The molecule has 2 aromatic carbocycles. The van der Waals surface area contributed by atoms with E-state index in [2.05, 4.69) is 52.9 Å². The lowest BCUT2D eigenvalue weighted by Gasteiger charge is -2.19. The average molecular weight is 494 g/mol. The summed E-state index contributed by atoms with van der Waals surface area (Å²) in [5.74, 6) is 0.310. The smallest absolute Gasteiger partial charge is 0.269 e. The van der Waals surface area contributed by atoms with Crippen molar-refractivity contribution in [3.8, 4) is 11.5 Å². The van der Waals surface area contributed by atoms with E-state index >= 15 is 0 Å². The summed E-state index contributed by atoms with van der Waals surface area (Å²) < 4.78 is 11.2. The molecule has 0 aliphatic heterocycles. The van der Waals surface area contributed by atoms with Gasteiger partial charge >= 0.3 is 0 Å². The Hall–Kier alpha value is -2.65. The largest absolute Gasteiger partial charge is 0.496 e. The average Bonchev–Trinajstić information content (AvgIpc) is 2.70. The maximum Gasteiger partial charge on any atom is 0.269 e. The fourth-order valence-corrected chi connectivity index (χ4v) is 3.09. The van der Waals surface area contributed by atoms with Crippen molar-refractivity contribution in [3.05, 3.63) is 58.1 Å². The molecule has 2 rings (SSSR count).